The third-order valence-electron chi connectivity index (χ3n) is 6.01. The molecule has 5 heteroatoms. The fraction of sp³-hybridized carbons (Fsp3) is 0.346. The molecule has 0 spiro atoms. The van der Waals surface area contributed by atoms with Gasteiger partial charge in [0.15, 0.2) is 0 Å². The molecule has 1 aliphatic rings. The summed E-state index contributed by atoms with van der Waals surface area (Å²) in [6.45, 7) is 5.98. The summed E-state index contributed by atoms with van der Waals surface area (Å²) in [6, 6.07) is 22.1. The number of para-hydroxylation sites is 2. The van der Waals surface area contributed by atoms with Crippen LogP contribution in [0.2, 0.25) is 0 Å². The molecule has 2 aromatic carbocycles. The van der Waals surface area contributed by atoms with Crippen LogP contribution >= 0.6 is 0 Å². The van der Waals surface area contributed by atoms with Gasteiger partial charge in [-0.05, 0) is 48.7 Å². The quantitative estimate of drug-likeness (QED) is 0.517. The van der Waals surface area contributed by atoms with E-state index in [1.54, 1.807) is 13.2 Å². The summed E-state index contributed by atoms with van der Waals surface area (Å²) < 4.78 is 7.36. The lowest BCUT2D eigenvalue weighted by atomic mass is 10.1. The molecule has 0 bridgehead atoms. The second-order valence-electron chi connectivity index (χ2n) is 8.02. The number of ether oxygens (including phenoxy) is 1. The Morgan fingerprint density at radius 1 is 0.774 bits per heavy atom. The maximum absolute atomic E-state index is 12.3. The predicted molar refractivity (Wildman–Crippen MR) is 127 cm³/mol. The molecule has 0 radical (unpaired) electrons. The molecular weight excluding hydrogens is 386 g/mol. The molecule has 0 amide bonds. The summed E-state index contributed by atoms with van der Waals surface area (Å²) in [5.41, 5.74) is 3.49. The van der Waals surface area contributed by atoms with Gasteiger partial charge in [0, 0.05) is 45.0 Å². The number of methoxy groups -OCH3 is 1. The van der Waals surface area contributed by atoms with Crippen LogP contribution in [0.1, 0.15) is 12.8 Å². The van der Waals surface area contributed by atoms with Crippen molar-refractivity contribution in [3.05, 3.63) is 83.3 Å². The van der Waals surface area contributed by atoms with Crippen molar-refractivity contribution in [2.24, 2.45) is 0 Å². The third-order valence-corrected chi connectivity index (χ3v) is 6.01. The molecule has 0 unspecified atom stereocenters. The number of unbranched alkanes of at least 4 members (excludes halogenated alkanes) is 1. The van der Waals surface area contributed by atoms with Gasteiger partial charge in [-0.25, -0.2) is 0 Å². The SMILES string of the molecule is COc1ccccc1N1CCN(CCCCn2cc(-c3ccccc3)ccc2=O)CC1. The number of anilines is 1. The molecule has 0 atom stereocenters. The lowest BCUT2D eigenvalue weighted by Gasteiger charge is -2.36. The Hall–Kier alpha value is -3.05. The number of hydrogen-bond donors (Lipinski definition) is 0. The van der Waals surface area contributed by atoms with E-state index in [4.69, 9.17) is 4.74 Å². The number of aryl methyl sites for hydroxylation is 1. The summed E-state index contributed by atoms with van der Waals surface area (Å²) in [7, 11) is 1.73. The van der Waals surface area contributed by atoms with E-state index < -0.39 is 0 Å². The number of rotatable bonds is 8. The first-order chi connectivity index (χ1) is 15.2. The molecule has 0 N–H and O–H groups in total. The summed E-state index contributed by atoms with van der Waals surface area (Å²) >= 11 is 0. The molecule has 0 aliphatic carbocycles. The van der Waals surface area contributed by atoms with Gasteiger partial charge in [0.05, 0.1) is 12.8 Å². The van der Waals surface area contributed by atoms with Gasteiger partial charge in [-0.2, -0.15) is 0 Å². The second kappa shape index (κ2) is 10.3. The van der Waals surface area contributed by atoms with Crippen LogP contribution in [0.25, 0.3) is 11.1 Å². The van der Waals surface area contributed by atoms with E-state index in [-0.39, 0.29) is 5.56 Å². The smallest absolute Gasteiger partial charge is 0.250 e. The first-order valence-electron chi connectivity index (χ1n) is 11.1. The minimum Gasteiger partial charge on any atom is -0.495 e. The van der Waals surface area contributed by atoms with Crippen LogP contribution in [0.15, 0.2) is 77.7 Å². The maximum Gasteiger partial charge on any atom is 0.250 e. The summed E-state index contributed by atoms with van der Waals surface area (Å²) in [5.74, 6) is 0.944. The first kappa shape index (κ1) is 21.2. The second-order valence-corrected chi connectivity index (χ2v) is 8.02. The van der Waals surface area contributed by atoms with Crippen molar-refractivity contribution >= 4 is 5.69 Å². The molecule has 31 heavy (non-hydrogen) atoms. The maximum atomic E-state index is 12.3. The van der Waals surface area contributed by atoms with Crippen molar-refractivity contribution < 1.29 is 4.74 Å². The molecule has 0 saturated carbocycles. The Labute approximate surface area is 184 Å². The normalized spacial score (nSPS) is 14.5. The average Bonchev–Trinajstić information content (AvgIpc) is 2.84. The molecule has 1 fully saturated rings. The van der Waals surface area contributed by atoms with Crippen molar-refractivity contribution in [1.29, 1.82) is 0 Å². The Kier molecular flexibility index (Phi) is 7.05. The first-order valence-corrected chi connectivity index (χ1v) is 11.1. The van der Waals surface area contributed by atoms with Crippen molar-refractivity contribution in [3.8, 4) is 16.9 Å². The van der Waals surface area contributed by atoms with Gasteiger partial charge in [0.25, 0.3) is 5.56 Å². The molecular formula is C26H31N3O2. The molecule has 4 rings (SSSR count). The van der Waals surface area contributed by atoms with Crippen LogP contribution < -0.4 is 15.2 Å². The van der Waals surface area contributed by atoms with E-state index in [1.165, 1.54) is 5.69 Å². The third kappa shape index (κ3) is 5.36. The van der Waals surface area contributed by atoms with E-state index in [9.17, 15) is 4.79 Å². The molecule has 2 heterocycles. The minimum atomic E-state index is 0.0742. The summed E-state index contributed by atoms with van der Waals surface area (Å²) in [6.07, 6.45) is 4.09. The highest BCUT2D eigenvalue weighted by atomic mass is 16.5. The van der Waals surface area contributed by atoms with E-state index in [0.717, 1.165) is 69.0 Å². The highest BCUT2D eigenvalue weighted by Crippen LogP contribution is 2.28. The lowest BCUT2D eigenvalue weighted by Crippen LogP contribution is -2.46. The molecule has 3 aromatic rings. The van der Waals surface area contributed by atoms with Gasteiger partial charge in [-0.15, -0.1) is 0 Å². The lowest BCUT2D eigenvalue weighted by molar-refractivity contribution is 0.250. The fourth-order valence-electron chi connectivity index (χ4n) is 4.23. The fourth-order valence-corrected chi connectivity index (χ4v) is 4.23. The number of hydrogen-bond acceptors (Lipinski definition) is 4. The van der Waals surface area contributed by atoms with Crippen LogP contribution in [-0.2, 0) is 6.54 Å². The zero-order valence-electron chi connectivity index (χ0n) is 18.2. The molecule has 1 aromatic heterocycles. The number of pyridine rings is 1. The number of piperazine rings is 1. The van der Waals surface area contributed by atoms with Gasteiger partial charge in [-0.1, -0.05) is 42.5 Å². The largest absolute Gasteiger partial charge is 0.495 e. The predicted octanol–water partition coefficient (Wildman–Crippen LogP) is 4.13. The topological polar surface area (TPSA) is 37.7 Å². The number of aromatic nitrogens is 1. The Morgan fingerprint density at radius 2 is 1.48 bits per heavy atom. The zero-order valence-corrected chi connectivity index (χ0v) is 18.2. The molecule has 1 saturated heterocycles. The minimum absolute atomic E-state index is 0.0742. The Bertz CT molecular complexity index is 1020. The molecule has 1 aliphatic heterocycles. The Morgan fingerprint density at radius 3 is 2.26 bits per heavy atom. The Balaban J connectivity index is 1.24. The van der Waals surface area contributed by atoms with Gasteiger partial charge in [-0.3, -0.25) is 9.69 Å². The highest BCUT2D eigenvalue weighted by molar-refractivity contribution is 5.62. The van der Waals surface area contributed by atoms with Gasteiger partial charge >= 0.3 is 0 Å². The molecule has 5 nitrogen and oxygen atoms in total. The van der Waals surface area contributed by atoms with Crippen molar-refractivity contribution in [2.75, 3.05) is 44.7 Å². The number of benzene rings is 2. The highest BCUT2D eigenvalue weighted by Gasteiger charge is 2.19. The summed E-state index contributed by atoms with van der Waals surface area (Å²) in [5, 5.41) is 0. The van der Waals surface area contributed by atoms with E-state index in [2.05, 4.69) is 34.1 Å². The standard InChI is InChI=1S/C26H31N3O2/c1-31-25-12-6-5-11-24(25)28-19-17-27(18-20-28)15-7-8-16-29-21-23(13-14-26(29)30)22-9-3-2-4-10-22/h2-6,9-14,21H,7-8,15-20H2,1H3. The van der Waals surface area contributed by atoms with Gasteiger partial charge in [0.2, 0.25) is 0 Å². The molecule has 162 valence electrons. The van der Waals surface area contributed by atoms with Crippen molar-refractivity contribution in [2.45, 2.75) is 19.4 Å². The van der Waals surface area contributed by atoms with Crippen molar-refractivity contribution in [1.82, 2.24) is 9.47 Å². The van der Waals surface area contributed by atoms with Crippen molar-refractivity contribution in [3.63, 3.8) is 0 Å². The van der Waals surface area contributed by atoms with Gasteiger partial charge < -0.3 is 14.2 Å². The van der Waals surface area contributed by atoms with E-state index in [1.807, 2.05) is 47.2 Å². The van der Waals surface area contributed by atoms with E-state index in [0.29, 0.717) is 0 Å². The average molecular weight is 418 g/mol. The van der Waals surface area contributed by atoms with Crippen LogP contribution in [0, 0.1) is 0 Å². The van der Waals surface area contributed by atoms with Crippen LogP contribution in [0.3, 0.4) is 0 Å². The van der Waals surface area contributed by atoms with Gasteiger partial charge in [0.1, 0.15) is 5.75 Å². The van der Waals surface area contributed by atoms with Crippen LogP contribution in [-0.4, -0.2) is 49.3 Å². The summed E-state index contributed by atoms with van der Waals surface area (Å²) in [4.78, 5) is 17.2. The zero-order chi connectivity index (χ0) is 21.5. The monoisotopic (exact) mass is 417 g/mol. The number of nitrogens with zero attached hydrogens (tertiary/aromatic N) is 3. The van der Waals surface area contributed by atoms with Crippen LogP contribution in [0.4, 0.5) is 5.69 Å². The van der Waals surface area contributed by atoms with E-state index >= 15 is 0 Å². The van der Waals surface area contributed by atoms with Crippen LogP contribution in [0.5, 0.6) is 5.75 Å².